The van der Waals surface area contributed by atoms with Gasteiger partial charge in [0.15, 0.2) is 0 Å². The number of likely N-dealkylation sites (tertiary alicyclic amines) is 1. The molecule has 1 N–H and O–H groups in total. The Balaban J connectivity index is 1.38. The number of nitrogens with one attached hydrogen (secondary N) is 1. The van der Waals surface area contributed by atoms with E-state index in [1.165, 1.54) is 12.8 Å². The van der Waals surface area contributed by atoms with Crippen LogP contribution in [-0.2, 0) is 9.59 Å². The first-order valence-corrected chi connectivity index (χ1v) is 9.01. The minimum Gasteiger partial charge on any atom is -0.497 e. The monoisotopic (exact) mass is 346 g/mol. The molecule has 1 aliphatic carbocycles. The van der Waals surface area contributed by atoms with Crippen LogP contribution in [0.5, 0.6) is 11.5 Å². The van der Waals surface area contributed by atoms with Gasteiger partial charge in [0.2, 0.25) is 11.8 Å². The number of hydrogen-bond donors (Lipinski definition) is 1. The molecule has 1 aliphatic heterocycles. The summed E-state index contributed by atoms with van der Waals surface area (Å²) in [6.45, 7) is 1.39. The summed E-state index contributed by atoms with van der Waals surface area (Å²) in [6, 6.07) is 7.67. The zero-order valence-corrected chi connectivity index (χ0v) is 14.7. The predicted molar refractivity (Wildman–Crippen MR) is 93.6 cm³/mol. The maximum atomic E-state index is 12.3. The average Bonchev–Trinajstić information content (AvgIpc) is 3.28. The number of carbonyl (C=O) groups excluding carboxylic acids is 2. The summed E-state index contributed by atoms with van der Waals surface area (Å²) in [4.78, 5) is 26.4. The summed E-state index contributed by atoms with van der Waals surface area (Å²) in [6.07, 6.45) is 4.87. The van der Waals surface area contributed by atoms with Gasteiger partial charge in [-0.15, -0.1) is 0 Å². The molecule has 1 saturated heterocycles. The highest BCUT2D eigenvalue weighted by atomic mass is 16.5. The van der Waals surface area contributed by atoms with E-state index in [-0.39, 0.29) is 17.7 Å². The molecule has 0 radical (unpaired) electrons. The number of hydrogen-bond acceptors (Lipinski definition) is 4. The van der Waals surface area contributed by atoms with Gasteiger partial charge in [-0.1, -0.05) is 12.8 Å². The molecule has 1 saturated carbocycles. The first-order valence-electron chi connectivity index (χ1n) is 9.01. The van der Waals surface area contributed by atoms with Crippen molar-refractivity contribution in [2.75, 3.05) is 26.8 Å². The quantitative estimate of drug-likeness (QED) is 0.767. The van der Waals surface area contributed by atoms with Crippen LogP contribution in [-0.4, -0.2) is 49.6 Å². The highest BCUT2D eigenvalue weighted by Crippen LogP contribution is 2.29. The predicted octanol–water partition coefficient (Wildman–Crippen LogP) is 1.98. The lowest BCUT2D eigenvalue weighted by atomic mass is 10.1. The Hall–Kier alpha value is -2.24. The van der Waals surface area contributed by atoms with Crippen molar-refractivity contribution < 1.29 is 19.1 Å². The fourth-order valence-electron chi connectivity index (χ4n) is 3.64. The maximum Gasteiger partial charge on any atom is 0.225 e. The van der Waals surface area contributed by atoms with Crippen LogP contribution in [0, 0.1) is 5.92 Å². The van der Waals surface area contributed by atoms with Crippen LogP contribution in [0.1, 0.15) is 32.1 Å². The van der Waals surface area contributed by atoms with Crippen molar-refractivity contribution in [2.45, 2.75) is 38.1 Å². The van der Waals surface area contributed by atoms with Gasteiger partial charge in [0.05, 0.1) is 19.6 Å². The molecular weight excluding hydrogens is 320 g/mol. The normalized spacial score (nSPS) is 20.8. The highest BCUT2D eigenvalue weighted by molar-refractivity contribution is 5.89. The Morgan fingerprint density at radius 1 is 1.20 bits per heavy atom. The second-order valence-corrected chi connectivity index (χ2v) is 6.70. The van der Waals surface area contributed by atoms with Crippen LogP contribution >= 0.6 is 0 Å². The van der Waals surface area contributed by atoms with E-state index in [9.17, 15) is 9.59 Å². The van der Waals surface area contributed by atoms with Crippen LogP contribution in [0.2, 0.25) is 0 Å². The zero-order chi connectivity index (χ0) is 17.6. The summed E-state index contributed by atoms with van der Waals surface area (Å²) >= 11 is 0. The molecule has 1 aromatic rings. The fourth-order valence-corrected chi connectivity index (χ4v) is 3.64. The standard InChI is InChI=1S/C19H26N2O4/c1-24-16-6-8-17(9-7-16)25-11-10-20-19(23)14-12-18(22)21(13-14)15-4-2-3-5-15/h6-9,14-15H,2-5,10-13H2,1H3,(H,20,23). The summed E-state index contributed by atoms with van der Waals surface area (Å²) in [7, 11) is 1.62. The molecule has 0 bridgehead atoms. The lowest BCUT2D eigenvalue weighted by Crippen LogP contribution is -2.37. The van der Waals surface area contributed by atoms with Crippen molar-refractivity contribution in [1.29, 1.82) is 0 Å². The third-order valence-corrected chi connectivity index (χ3v) is 5.02. The molecule has 3 rings (SSSR count). The first kappa shape index (κ1) is 17.6. The van der Waals surface area contributed by atoms with Gasteiger partial charge >= 0.3 is 0 Å². The van der Waals surface area contributed by atoms with Gasteiger partial charge in [-0.25, -0.2) is 0 Å². The van der Waals surface area contributed by atoms with Crippen molar-refractivity contribution in [3.05, 3.63) is 24.3 Å². The SMILES string of the molecule is COc1ccc(OCCNC(=O)C2CC(=O)N(C3CCCC3)C2)cc1. The van der Waals surface area contributed by atoms with Crippen molar-refractivity contribution in [3.8, 4) is 11.5 Å². The number of rotatable bonds is 7. The molecule has 0 aromatic heterocycles. The largest absolute Gasteiger partial charge is 0.497 e. The summed E-state index contributed by atoms with van der Waals surface area (Å²) in [5.41, 5.74) is 0. The van der Waals surface area contributed by atoms with Gasteiger partial charge < -0.3 is 19.7 Å². The van der Waals surface area contributed by atoms with Crippen LogP contribution in [0.15, 0.2) is 24.3 Å². The Labute approximate surface area is 148 Å². The second-order valence-electron chi connectivity index (χ2n) is 6.70. The highest BCUT2D eigenvalue weighted by Gasteiger charge is 2.38. The van der Waals surface area contributed by atoms with Crippen LogP contribution in [0.25, 0.3) is 0 Å². The van der Waals surface area contributed by atoms with E-state index in [1.807, 2.05) is 29.2 Å². The smallest absolute Gasteiger partial charge is 0.225 e. The molecule has 2 amide bonds. The van der Waals surface area contributed by atoms with E-state index in [0.717, 1.165) is 24.3 Å². The third kappa shape index (κ3) is 4.44. The van der Waals surface area contributed by atoms with E-state index < -0.39 is 0 Å². The summed E-state index contributed by atoms with van der Waals surface area (Å²) in [5, 5.41) is 2.88. The molecule has 136 valence electrons. The van der Waals surface area contributed by atoms with Gasteiger partial charge in [0.25, 0.3) is 0 Å². The Bertz CT molecular complexity index is 596. The molecule has 0 spiro atoms. The number of benzene rings is 1. The number of carbonyl (C=O) groups is 2. The molecule has 2 aliphatic rings. The molecule has 6 nitrogen and oxygen atoms in total. The molecule has 1 aromatic carbocycles. The van der Waals surface area contributed by atoms with Gasteiger partial charge in [-0.2, -0.15) is 0 Å². The van der Waals surface area contributed by atoms with E-state index >= 15 is 0 Å². The fraction of sp³-hybridized carbons (Fsp3) is 0.579. The first-order chi connectivity index (χ1) is 12.2. The van der Waals surface area contributed by atoms with Gasteiger partial charge in [-0.05, 0) is 37.1 Å². The van der Waals surface area contributed by atoms with Gasteiger partial charge in [-0.3, -0.25) is 9.59 Å². The van der Waals surface area contributed by atoms with Crippen molar-refractivity contribution >= 4 is 11.8 Å². The average molecular weight is 346 g/mol. The zero-order valence-electron chi connectivity index (χ0n) is 14.7. The lowest BCUT2D eigenvalue weighted by molar-refractivity contribution is -0.130. The van der Waals surface area contributed by atoms with Crippen LogP contribution < -0.4 is 14.8 Å². The van der Waals surface area contributed by atoms with Gasteiger partial charge in [0, 0.05) is 19.0 Å². The molecule has 1 unspecified atom stereocenters. The van der Waals surface area contributed by atoms with E-state index in [0.29, 0.717) is 32.2 Å². The van der Waals surface area contributed by atoms with Gasteiger partial charge in [0.1, 0.15) is 18.1 Å². The van der Waals surface area contributed by atoms with E-state index in [2.05, 4.69) is 5.32 Å². The number of ether oxygens (including phenoxy) is 2. The summed E-state index contributed by atoms with van der Waals surface area (Å²) in [5.74, 6) is 1.36. The Morgan fingerprint density at radius 3 is 2.56 bits per heavy atom. The second kappa shape index (κ2) is 8.23. The number of nitrogens with zero attached hydrogens (tertiary/aromatic N) is 1. The van der Waals surface area contributed by atoms with Crippen LogP contribution in [0.3, 0.4) is 0 Å². The third-order valence-electron chi connectivity index (χ3n) is 5.02. The van der Waals surface area contributed by atoms with E-state index in [4.69, 9.17) is 9.47 Å². The number of methoxy groups -OCH3 is 1. The lowest BCUT2D eigenvalue weighted by Gasteiger charge is -2.23. The molecule has 2 fully saturated rings. The minimum atomic E-state index is -0.228. The van der Waals surface area contributed by atoms with Crippen molar-refractivity contribution in [3.63, 3.8) is 0 Å². The molecule has 6 heteroatoms. The topological polar surface area (TPSA) is 67.9 Å². The molecule has 1 heterocycles. The Kier molecular flexibility index (Phi) is 5.79. The Morgan fingerprint density at radius 2 is 1.88 bits per heavy atom. The molecular formula is C19H26N2O4. The molecule has 25 heavy (non-hydrogen) atoms. The minimum absolute atomic E-state index is 0.0489. The van der Waals surface area contributed by atoms with Crippen molar-refractivity contribution in [2.24, 2.45) is 5.92 Å². The van der Waals surface area contributed by atoms with Crippen LogP contribution in [0.4, 0.5) is 0 Å². The molecule has 1 atom stereocenters. The summed E-state index contributed by atoms with van der Waals surface area (Å²) < 4.78 is 10.7. The van der Waals surface area contributed by atoms with E-state index in [1.54, 1.807) is 7.11 Å². The number of amides is 2. The van der Waals surface area contributed by atoms with Crippen molar-refractivity contribution in [1.82, 2.24) is 10.2 Å². The maximum absolute atomic E-state index is 12.3.